The quantitative estimate of drug-likeness (QED) is 0.306. The lowest BCUT2D eigenvalue weighted by Crippen LogP contribution is -2.10. The molecule has 80 valence electrons. The molecule has 2 N–H and O–H groups in total. The van der Waals surface area contributed by atoms with Crippen LogP contribution in [0.2, 0.25) is 0 Å². The van der Waals surface area contributed by atoms with Crippen molar-refractivity contribution in [3.8, 4) is 0 Å². The fourth-order valence-electron chi connectivity index (χ4n) is 0.447. The van der Waals surface area contributed by atoms with Crippen molar-refractivity contribution < 1.29 is 14.3 Å². The van der Waals surface area contributed by atoms with Gasteiger partial charge >= 0.3 is 0 Å². The van der Waals surface area contributed by atoms with Crippen molar-refractivity contribution in [1.29, 1.82) is 0 Å². The van der Waals surface area contributed by atoms with E-state index in [0.717, 1.165) is 13.2 Å². The smallest absolute Gasteiger partial charge is 0.243 e. The van der Waals surface area contributed by atoms with E-state index in [4.69, 9.17) is 15.2 Å². The Kier molecular flexibility index (Phi) is 6.70. The molecule has 4 nitrogen and oxygen atoms in total. The molecule has 0 aromatic carbocycles. The number of nitrogens with two attached hydrogens (primary N) is 1. The number of epoxide rings is 1. The molecule has 1 fully saturated rings. The highest BCUT2D eigenvalue weighted by Gasteiger charge is 2.21. The molecule has 0 aromatic heterocycles. The normalized spacial score (nSPS) is 17.6. The molecule has 0 bridgehead atoms. The van der Waals surface area contributed by atoms with E-state index < -0.39 is 5.91 Å². The van der Waals surface area contributed by atoms with Gasteiger partial charge < -0.3 is 15.2 Å². The maximum atomic E-state index is 9.82. The van der Waals surface area contributed by atoms with Gasteiger partial charge in [0.05, 0.1) is 19.8 Å². The minimum atomic E-state index is -0.435. The van der Waals surface area contributed by atoms with Gasteiger partial charge in [-0.15, -0.1) is 6.58 Å². The number of carbonyl (C=O) groups excluding carboxylic acids is 1. The summed E-state index contributed by atoms with van der Waals surface area (Å²) in [7, 11) is 0. The van der Waals surface area contributed by atoms with Crippen molar-refractivity contribution in [3.63, 3.8) is 0 Å². The first-order valence-electron chi connectivity index (χ1n) is 4.33. The molecule has 0 spiro atoms. The van der Waals surface area contributed by atoms with Crippen LogP contribution in [-0.2, 0) is 14.3 Å². The maximum absolute atomic E-state index is 9.82. The Morgan fingerprint density at radius 1 is 1.79 bits per heavy atom. The Morgan fingerprint density at radius 2 is 2.29 bits per heavy atom. The molecular weight excluding hydrogens is 182 g/mol. The van der Waals surface area contributed by atoms with E-state index >= 15 is 0 Å². The molecule has 1 aliphatic heterocycles. The van der Waals surface area contributed by atoms with Gasteiger partial charge in [0.2, 0.25) is 5.91 Å². The molecule has 0 saturated carbocycles. The fraction of sp³-hybridized carbons (Fsp3) is 0.500. The van der Waals surface area contributed by atoms with E-state index in [1.165, 1.54) is 0 Å². The predicted octanol–water partition coefficient (Wildman–Crippen LogP) is 0.636. The molecule has 0 aromatic rings. The van der Waals surface area contributed by atoms with E-state index in [1.807, 2.05) is 0 Å². The van der Waals surface area contributed by atoms with Gasteiger partial charge in [0.15, 0.2) is 0 Å². The molecule has 0 radical (unpaired) electrons. The molecule has 14 heavy (non-hydrogen) atoms. The van der Waals surface area contributed by atoms with Gasteiger partial charge in [0, 0.05) is 5.57 Å². The molecular formula is C10H17NO3. The third-order valence-electron chi connectivity index (χ3n) is 1.36. The minimum absolute atomic E-state index is 0.384. The first-order valence-corrected chi connectivity index (χ1v) is 4.33. The van der Waals surface area contributed by atoms with Crippen LogP contribution in [0.15, 0.2) is 24.8 Å². The van der Waals surface area contributed by atoms with Crippen LogP contribution in [0.4, 0.5) is 0 Å². The average molecular weight is 199 g/mol. The summed E-state index contributed by atoms with van der Waals surface area (Å²) in [6, 6.07) is 0. The molecule has 1 heterocycles. The summed E-state index contributed by atoms with van der Waals surface area (Å²) in [4.78, 5) is 9.82. The molecule has 1 unspecified atom stereocenters. The van der Waals surface area contributed by atoms with Crippen molar-refractivity contribution in [2.45, 2.75) is 13.0 Å². The standard InChI is InChI=1S/C6H10O2.C4H7NO/c1-2-3-7-4-6-5-8-6;1-3(2)4(5)6/h2,6H,1,3-5H2;1H2,2H3,(H2,5,6). The molecule has 1 amide bonds. The molecule has 1 saturated heterocycles. The van der Waals surface area contributed by atoms with Gasteiger partial charge in [-0.3, -0.25) is 4.79 Å². The monoisotopic (exact) mass is 199 g/mol. The van der Waals surface area contributed by atoms with E-state index in [0.29, 0.717) is 18.3 Å². The van der Waals surface area contributed by atoms with Crippen LogP contribution >= 0.6 is 0 Å². The zero-order valence-corrected chi connectivity index (χ0v) is 8.49. The second kappa shape index (κ2) is 7.29. The number of hydrogen-bond donors (Lipinski definition) is 1. The number of primary amides is 1. The number of amides is 1. The van der Waals surface area contributed by atoms with Crippen LogP contribution in [0.5, 0.6) is 0 Å². The Balaban J connectivity index is 0.000000255. The van der Waals surface area contributed by atoms with Crippen LogP contribution in [0.25, 0.3) is 0 Å². The topological polar surface area (TPSA) is 64.9 Å². The zero-order chi connectivity index (χ0) is 11.0. The van der Waals surface area contributed by atoms with Crippen molar-refractivity contribution in [3.05, 3.63) is 24.8 Å². The van der Waals surface area contributed by atoms with Crippen molar-refractivity contribution in [1.82, 2.24) is 0 Å². The summed E-state index contributed by atoms with van der Waals surface area (Å²) in [6.07, 6.45) is 2.12. The minimum Gasteiger partial charge on any atom is -0.375 e. The molecule has 1 atom stereocenters. The summed E-state index contributed by atoms with van der Waals surface area (Å²) in [6.45, 7) is 10.6. The largest absolute Gasteiger partial charge is 0.375 e. The van der Waals surface area contributed by atoms with Crippen LogP contribution in [-0.4, -0.2) is 31.8 Å². The molecule has 1 aliphatic rings. The highest BCUT2D eigenvalue weighted by atomic mass is 16.6. The lowest BCUT2D eigenvalue weighted by atomic mass is 10.3. The summed E-state index contributed by atoms with van der Waals surface area (Å²) in [5.41, 5.74) is 5.09. The van der Waals surface area contributed by atoms with Gasteiger partial charge in [0.25, 0.3) is 0 Å². The second-order valence-corrected chi connectivity index (χ2v) is 2.93. The van der Waals surface area contributed by atoms with E-state index in [-0.39, 0.29) is 0 Å². The van der Waals surface area contributed by atoms with Gasteiger partial charge in [-0.1, -0.05) is 12.7 Å². The number of carbonyl (C=O) groups is 1. The third kappa shape index (κ3) is 8.96. The Hall–Kier alpha value is -1.13. The summed E-state index contributed by atoms with van der Waals surface area (Å²) >= 11 is 0. The van der Waals surface area contributed by atoms with Crippen LogP contribution in [0.1, 0.15) is 6.92 Å². The summed E-state index contributed by atoms with van der Waals surface area (Å²) in [5, 5.41) is 0. The van der Waals surface area contributed by atoms with Gasteiger partial charge in [-0.25, -0.2) is 0 Å². The molecule has 1 rings (SSSR count). The summed E-state index contributed by atoms with van der Waals surface area (Å²) in [5.74, 6) is -0.435. The van der Waals surface area contributed by atoms with Crippen LogP contribution in [0, 0.1) is 0 Å². The van der Waals surface area contributed by atoms with Gasteiger partial charge in [-0.05, 0) is 6.92 Å². The average Bonchev–Trinajstić information content (AvgIpc) is 2.89. The predicted molar refractivity (Wildman–Crippen MR) is 54.8 cm³/mol. The Morgan fingerprint density at radius 3 is 2.57 bits per heavy atom. The lowest BCUT2D eigenvalue weighted by molar-refractivity contribution is -0.114. The van der Waals surface area contributed by atoms with Gasteiger partial charge in [-0.2, -0.15) is 0 Å². The summed E-state index contributed by atoms with van der Waals surface area (Å²) < 4.78 is 9.96. The van der Waals surface area contributed by atoms with E-state index in [1.54, 1.807) is 13.0 Å². The number of rotatable bonds is 5. The number of ether oxygens (including phenoxy) is 2. The highest BCUT2D eigenvalue weighted by Crippen LogP contribution is 2.07. The van der Waals surface area contributed by atoms with Crippen molar-refractivity contribution in [2.75, 3.05) is 19.8 Å². The first kappa shape index (κ1) is 12.9. The van der Waals surface area contributed by atoms with Crippen molar-refractivity contribution >= 4 is 5.91 Å². The number of hydrogen-bond acceptors (Lipinski definition) is 3. The van der Waals surface area contributed by atoms with Gasteiger partial charge in [0.1, 0.15) is 6.10 Å². The fourth-order valence-corrected chi connectivity index (χ4v) is 0.447. The van der Waals surface area contributed by atoms with Crippen molar-refractivity contribution in [2.24, 2.45) is 5.73 Å². The Labute approximate surface area is 84.4 Å². The highest BCUT2D eigenvalue weighted by molar-refractivity contribution is 5.90. The third-order valence-corrected chi connectivity index (χ3v) is 1.36. The van der Waals surface area contributed by atoms with Crippen LogP contribution < -0.4 is 5.73 Å². The lowest BCUT2D eigenvalue weighted by Gasteiger charge is -1.92. The van der Waals surface area contributed by atoms with E-state index in [9.17, 15) is 4.79 Å². The Bertz CT molecular complexity index is 197. The SMILES string of the molecule is C=C(C)C(N)=O.C=CCOCC1CO1. The zero-order valence-electron chi connectivity index (χ0n) is 8.49. The maximum Gasteiger partial charge on any atom is 0.243 e. The second-order valence-electron chi connectivity index (χ2n) is 2.93. The first-order chi connectivity index (χ1) is 6.57. The van der Waals surface area contributed by atoms with Crippen LogP contribution in [0.3, 0.4) is 0 Å². The molecule has 4 heteroatoms. The molecule has 0 aliphatic carbocycles. The van der Waals surface area contributed by atoms with E-state index in [2.05, 4.69) is 13.2 Å².